The highest BCUT2D eigenvalue weighted by atomic mass is 15.2. The smallest absolute Gasteiger partial charge is 0.163 e. The normalized spacial score (nSPS) is 23.0. The van der Waals surface area contributed by atoms with Crippen molar-refractivity contribution in [3.63, 3.8) is 0 Å². The second kappa shape index (κ2) is 6.67. The highest BCUT2D eigenvalue weighted by Crippen LogP contribution is 2.38. The predicted octanol–water partition coefficient (Wildman–Crippen LogP) is 4.71. The first-order valence-electron chi connectivity index (χ1n) is 9.80. The quantitative estimate of drug-likeness (QED) is 0.675. The molecule has 3 heterocycles. The van der Waals surface area contributed by atoms with Crippen molar-refractivity contribution in [1.29, 1.82) is 0 Å². The van der Waals surface area contributed by atoms with E-state index in [1.54, 1.807) is 6.20 Å². The van der Waals surface area contributed by atoms with Gasteiger partial charge in [-0.15, -0.1) is 0 Å². The average molecular weight is 344 g/mol. The fourth-order valence-electron chi connectivity index (χ4n) is 4.72. The molecule has 1 aliphatic carbocycles. The lowest BCUT2D eigenvalue weighted by Crippen LogP contribution is -2.42. The maximum Gasteiger partial charge on any atom is 0.163 e. The third kappa shape index (κ3) is 2.83. The highest BCUT2D eigenvalue weighted by molar-refractivity contribution is 5.91. The molecular formula is C22H24N4. The number of nitrogens with zero attached hydrogens (tertiary/aromatic N) is 4. The first-order valence-corrected chi connectivity index (χ1v) is 9.80. The molecule has 4 nitrogen and oxygen atoms in total. The zero-order valence-electron chi connectivity index (χ0n) is 15.0. The molecule has 0 bridgehead atoms. The van der Waals surface area contributed by atoms with E-state index < -0.39 is 0 Å². The van der Waals surface area contributed by atoms with Gasteiger partial charge in [-0.25, -0.2) is 9.97 Å². The Bertz CT molecular complexity index is 908. The molecule has 5 rings (SSSR count). The molecule has 2 aliphatic rings. The third-order valence-electron chi connectivity index (χ3n) is 6.09. The molecule has 3 aromatic rings. The van der Waals surface area contributed by atoms with E-state index in [1.165, 1.54) is 32.1 Å². The van der Waals surface area contributed by atoms with Crippen molar-refractivity contribution in [3.8, 4) is 11.4 Å². The number of aromatic nitrogens is 3. The molecule has 1 aromatic carbocycles. The minimum absolute atomic E-state index is 0.776. The summed E-state index contributed by atoms with van der Waals surface area (Å²) in [7, 11) is 0. The Labute approximate surface area is 154 Å². The summed E-state index contributed by atoms with van der Waals surface area (Å²) in [6, 6.07) is 12.4. The van der Waals surface area contributed by atoms with Gasteiger partial charge in [0.05, 0.1) is 5.52 Å². The Morgan fingerprint density at radius 3 is 2.65 bits per heavy atom. The van der Waals surface area contributed by atoms with Crippen LogP contribution in [-0.2, 0) is 0 Å². The van der Waals surface area contributed by atoms with Crippen LogP contribution in [0.2, 0.25) is 0 Å². The van der Waals surface area contributed by atoms with E-state index in [-0.39, 0.29) is 0 Å². The molecule has 1 saturated carbocycles. The van der Waals surface area contributed by atoms with E-state index in [0.717, 1.165) is 53.0 Å². The van der Waals surface area contributed by atoms with E-state index in [2.05, 4.69) is 34.1 Å². The van der Waals surface area contributed by atoms with E-state index in [1.807, 2.05) is 18.3 Å². The highest BCUT2D eigenvalue weighted by Gasteiger charge is 2.32. The van der Waals surface area contributed by atoms with Crippen LogP contribution < -0.4 is 4.90 Å². The number of pyridine rings is 1. The molecule has 0 N–H and O–H groups in total. The Morgan fingerprint density at radius 1 is 0.885 bits per heavy atom. The van der Waals surface area contributed by atoms with E-state index in [0.29, 0.717) is 0 Å². The summed E-state index contributed by atoms with van der Waals surface area (Å²) in [4.78, 5) is 16.6. The number of hydrogen-bond acceptors (Lipinski definition) is 4. The number of piperidine rings is 1. The van der Waals surface area contributed by atoms with Gasteiger partial charge in [-0.2, -0.15) is 0 Å². The summed E-state index contributed by atoms with van der Waals surface area (Å²) in [6.07, 6.45) is 10.5. The van der Waals surface area contributed by atoms with Gasteiger partial charge < -0.3 is 4.90 Å². The largest absolute Gasteiger partial charge is 0.356 e. The van der Waals surface area contributed by atoms with Gasteiger partial charge in [-0.1, -0.05) is 31.4 Å². The number of fused-ring (bicyclic) bond motifs is 2. The molecule has 1 saturated heterocycles. The number of hydrogen-bond donors (Lipinski definition) is 0. The SMILES string of the molecule is c1cncc(-c2nc(N3CC[C@@H]4CCCC[C@H]4C3)c3ccccc3n2)c1. The van der Waals surface area contributed by atoms with Crippen molar-refractivity contribution in [2.75, 3.05) is 18.0 Å². The van der Waals surface area contributed by atoms with Crippen molar-refractivity contribution in [2.24, 2.45) is 11.8 Å². The lowest BCUT2D eigenvalue weighted by molar-refractivity contribution is 0.202. The fourth-order valence-corrected chi connectivity index (χ4v) is 4.72. The molecule has 26 heavy (non-hydrogen) atoms. The van der Waals surface area contributed by atoms with Gasteiger partial charge in [0.15, 0.2) is 5.82 Å². The van der Waals surface area contributed by atoms with Gasteiger partial charge in [0.2, 0.25) is 0 Å². The van der Waals surface area contributed by atoms with Crippen molar-refractivity contribution in [1.82, 2.24) is 15.0 Å². The molecule has 0 spiro atoms. The first-order chi connectivity index (χ1) is 12.9. The average Bonchev–Trinajstić information content (AvgIpc) is 2.73. The van der Waals surface area contributed by atoms with Crippen LogP contribution in [0.1, 0.15) is 32.1 Å². The van der Waals surface area contributed by atoms with E-state index >= 15 is 0 Å². The molecule has 0 amide bonds. The Balaban J connectivity index is 1.58. The molecule has 2 fully saturated rings. The number of benzene rings is 1. The van der Waals surface area contributed by atoms with Gasteiger partial charge in [-0.3, -0.25) is 4.98 Å². The summed E-state index contributed by atoms with van der Waals surface area (Å²) < 4.78 is 0. The second-order valence-electron chi connectivity index (χ2n) is 7.67. The maximum atomic E-state index is 5.01. The summed E-state index contributed by atoms with van der Waals surface area (Å²) in [6.45, 7) is 2.24. The minimum Gasteiger partial charge on any atom is -0.356 e. The summed E-state index contributed by atoms with van der Waals surface area (Å²) in [5, 5.41) is 1.16. The second-order valence-corrected chi connectivity index (χ2v) is 7.67. The van der Waals surface area contributed by atoms with Crippen LogP contribution >= 0.6 is 0 Å². The van der Waals surface area contributed by atoms with E-state index in [9.17, 15) is 0 Å². The van der Waals surface area contributed by atoms with Gasteiger partial charge in [0, 0.05) is 36.4 Å². The topological polar surface area (TPSA) is 41.9 Å². The standard InChI is InChI=1S/C22H24N4/c1-2-7-18-15-26(13-11-16(18)6-1)22-19-9-3-4-10-20(19)24-21(25-22)17-8-5-12-23-14-17/h3-5,8-10,12,14,16,18H,1-2,6-7,11,13,15H2/t16-,18-/m0/s1. The van der Waals surface area contributed by atoms with Crippen LogP contribution in [-0.4, -0.2) is 28.0 Å². The Kier molecular flexibility index (Phi) is 4.04. The molecular weight excluding hydrogens is 320 g/mol. The van der Waals surface area contributed by atoms with Gasteiger partial charge in [-0.05, 0) is 48.9 Å². The predicted molar refractivity (Wildman–Crippen MR) is 105 cm³/mol. The number of para-hydroxylation sites is 1. The van der Waals surface area contributed by atoms with E-state index in [4.69, 9.17) is 9.97 Å². The molecule has 0 unspecified atom stereocenters. The zero-order valence-corrected chi connectivity index (χ0v) is 15.0. The number of anilines is 1. The van der Waals surface area contributed by atoms with Crippen LogP contribution in [0, 0.1) is 11.8 Å². The van der Waals surface area contributed by atoms with Crippen molar-refractivity contribution in [2.45, 2.75) is 32.1 Å². The van der Waals surface area contributed by atoms with Crippen LogP contribution in [0.25, 0.3) is 22.3 Å². The molecule has 4 heteroatoms. The van der Waals surface area contributed by atoms with Crippen molar-refractivity contribution in [3.05, 3.63) is 48.8 Å². The van der Waals surface area contributed by atoms with Gasteiger partial charge in [0.1, 0.15) is 5.82 Å². The van der Waals surface area contributed by atoms with Gasteiger partial charge in [0.25, 0.3) is 0 Å². The van der Waals surface area contributed by atoms with Crippen LogP contribution in [0.4, 0.5) is 5.82 Å². The fraction of sp³-hybridized carbons (Fsp3) is 0.409. The molecule has 2 atom stereocenters. The Morgan fingerprint density at radius 2 is 1.77 bits per heavy atom. The molecule has 1 aliphatic heterocycles. The summed E-state index contributed by atoms with van der Waals surface area (Å²) in [5.74, 6) is 3.62. The molecule has 132 valence electrons. The Hall–Kier alpha value is -2.49. The molecule has 0 radical (unpaired) electrons. The monoisotopic (exact) mass is 344 g/mol. The van der Waals surface area contributed by atoms with Crippen LogP contribution in [0.15, 0.2) is 48.8 Å². The van der Waals surface area contributed by atoms with Crippen LogP contribution in [0.3, 0.4) is 0 Å². The first kappa shape index (κ1) is 15.7. The van der Waals surface area contributed by atoms with Gasteiger partial charge >= 0.3 is 0 Å². The minimum atomic E-state index is 0.776. The lowest BCUT2D eigenvalue weighted by Gasteiger charge is -2.42. The maximum absolute atomic E-state index is 5.01. The molecule has 2 aromatic heterocycles. The summed E-state index contributed by atoms with van der Waals surface area (Å²) >= 11 is 0. The zero-order chi connectivity index (χ0) is 17.3. The van der Waals surface area contributed by atoms with Crippen molar-refractivity contribution < 1.29 is 0 Å². The number of rotatable bonds is 2. The third-order valence-corrected chi connectivity index (χ3v) is 6.09. The van der Waals surface area contributed by atoms with Crippen LogP contribution in [0.5, 0.6) is 0 Å². The summed E-state index contributed by atoms with van der Waals surface area (Å²) in [5.41, 5.74) is 1.99. The lowest BCUT2D eigenvalue weighted by atomic mass is 9.75. The van der Waals surface area contributed by atoms with Crippen molar-refractivity contribution >= 4 is 16.7 Å².